The second-order valence-corrected chi connectivity index (χ2v) is 7.33. The Bertz CT molecular complexity index is 935. The molecule has 0 aliphatic heterocycles. The normalized spacial score (nSPS) is 11.0. The number of nitrogens with zero attached hydrogens (tertiary/aromatic N) is 2. The van der Waals surface area contributed by atoms with E-state index in [4.69, 9.17) is 4.74 Å². The highest BCUT2D eigenvalue weighted by molar-refractivity contribution is 9.11. The number of benzene rings is 1. The number of aromatic hydroxyl groups is 1. The summed E-state index contributed by atoms with van der Waals surface area (Å²) in [6, 6.07) is 10.5. The molecule has 1 aromatic carbocycles. The molecule has 0 spiro atoms. The zero-order chi connectivity index (χ0) is 17.8. The number of phenolic OH excluding ortho intramolecular Hbond substituents is 1. The van der Waals surface area contributed by atoms with E-state index in [0.29, 0.717) is 11.3 Å². The summed E-state index contributed by atoms with van der Waals surface area (Å²) in [5.74, 6) is -0.181. The van der Waals surface area contributed by atoms with Crippen LogP contribution in [-0.2, 0) is 0 Å². The van der Waals surface area contributed by atoms with Crippen molar-refractivity contribution in [2.45, 2.75) is 0 Å². The number of phenols is 1. The maximum absolute atomic E-state index is 12.1. The average Bonchev–Trinajstić information content (AvgIpc) is 3.25. The molecule has 0 aliphatic rings. The van der Waals surface area contributed by atoms with Crippen molar-refractivity contribution in [3.8, 4) is 22.1 Å². The van der Waals surface area contributed by atoms with Gasteiger partial charge in [-0.3, -0.25) is 9.89 Å². The lowest BCUT2D eigenvalue weighted by atomic mass is 10.2. The first-order valence-electron chi connectivity index (χ1n) is 7.09. The minimum Gasteiger partial charge on any atom is -0.504 e. The van der Waals surface area contributed by atoms with Crippen molar-refractivity contribution in [2.75, 3.05) is 7.11 Å². The van der Waals surface area contributed by atoms with Gasteiger partial charge in [0.1, 0.15) is 0 Å². The lowest BCUT2D eigenvalue weighted by Crippen LogP contribution is -2.18. The molecule has 2 heterocycles. The fourth-order valence-electron chi connectivity index (χ4n) is 2.05. The number of thiophene rings is 1. The van der Waals surface area contributed by atoms with Crippen LogP contribution in [-0.4, -0.2) is 34.5 Å². The third-order valence-electron chi connectivity index (χ3n) is 3.27. The van der Waals surface area contributed by atoms with Gasteiger partial charge in [0.15, 0.2) is 17.2 Å². The molecule has 0 unspecified atom stereocenters. The number of carbonyl (C=O) groups is 1. The van der Waals surface area contributed by atoms with Crippen LogP contribution in [0.25, 0.3) is 10.6 Å². The predicted molar refractivity (Wildman–Crippen MR) is 99.3 cm³/mol. The Morgan fingerprint density at radius 3 is 3.00 bits per heavy atom. The molecule has 0 radical (unpaired) electrons. The highest BCUT2D eigenvalue weighted by atomic mass is 79.9. The van der Waals surface area contributed by atoms with E-state index in [1.54, 1.807) is 24.3 Å². The molecule has 0 saturated heterocycles. The van der Waals surface area contributed by atoms with Crippen LogP contribution >= 0.6 is 27.3 Å². The standard InChI is InChI=1S/C16H13BrN4O3S/c1-24-12-4-2-3-9(15(12)22)8-18-21-16(23)11-7-10(19-20-11)13-5-6-14(17)25-13/h2-8,22H,1H3,(H,19,20)(H,21,23)/b18-8-. The number of hydrogen-bond donors (Lipinski definition) is 3. The van der Waals surface area contributed by atoms with Crippen molar-refractivity contribution >= 4 is 39.4 Å². The Kier molecular flexibility index (Phi) is 5.15. The SMILES string of the molecule is COc1cccc(/C=N\NC(=O)c2cc(-c3ccc(Br)s3)[nH]n2)c1O. The predicted octanol–water partition coefficient (Wildman–Crippen LogP) is 3.38. The number of nitrogens with one attached hydrogen (secondary N) is 2. The van der Waals surface area contributed by atoms with E-state index >= 15 is 0 Å². The monoisotopic (exact) mass is 420 g/mol. The van der Waals surface area contributed by atoms with Gasteiger partial charge < -0.3 is 9.84 Å². The first-order chi connectivity index (χ1) is 12.1. The average molecular weight is 421 g/mol. The van der Waals surface area contributed by atoms with Gasteiger partial charge in [0.05, 0.1) is 27.7 Å². The first-order valence-corrected chi connectivity index (χ1v) is 8.70. The lowest BCUT2D eigenvalue weighted by molar-refractivity contribution is 0.0950. The van der Waals surface area contributed by atoms with Gasteiger partial charge >= 0.3 is 0 Å². The zero-order valence-corrected chi connectivity index (χ0v) is 15.4. The van der Waals surface area contributed by atoms with Gasteiger partial charge in [-0.1, -0.05) is 6.07 Å². The van der Waals surface area contributed by atoms with Crippen LogP contribution in [0.1, 0.15) is 16.1 Å². The Hall–Kier alpha value is -2.65. The summed E-state index contributed by atoms with van der Waals surface area (Å²) in [5.41, 5.74) is 3.75. The van der Waals surface area contributed by atoms with Crippen molar-refractivity contribution in [3.05, 3.63) is 51.4 Å². The Balaban J connectivity index is 1.68. The number of hydrazone groups is 1. The number of amides is 1. The van der Waals surface area contributed by atoms with Crippen molar-refractivity contribution in [1.29, 1.82) is 0 Å². The van der Waals surface area contributed by atoms with Gasteiger partial charge in [0, 0.05) is 5.56 Å². The Morgan fingerprint density at radius 2 is 2.28 bits per heavy atom. The molecule has 0 fully saturated rings. The van der Waals surface area contributed by atoms with Crippen molar-refractivity contribution in [2.24, 2.45) is 5.10 Å². The number of rotatable bonds is 5. The number of methoxy groups -OCH3 is 1. The van der Waals surface area contributed by atoms with E-state index in [2.05, 4.69) is 36.7 Å². The maximum atomic E-state index is 12.1. The minimum absolute atomic E-state index is 0.0478. The zero-order valence-electron chi connectivity index (χ0n) is 13.0. The number of hydrogen-bond acceptors (Lipinski definition) is 6. The Labute approximate surface area is 155 Å². The lowest BCUT2D eigenvalue weighted by Gasteiger charge is -2.04. The molecule has 128 valence electrons. The molecule has 3 aromatic rings. The molecular formula is C16H13BrN4O3S. The summed E-state index contributed by atoms with van der Waals surface area (Å²) < 4.78 is 6.00. The van der Waals surface area contributed by atoms with Crippen molar-refractivity contribution in [1.82, 2.24) is 15.6 Å². The highest BCUT2D eigenvalue weighted by Gasteiger charge is 2.12. The molecule has 1 amide bonds. The fourth-order valence-corrected chi connectivity index (χ4v) is 3.40. The summed E-state index contributed by atoms with van der Waals surface area (Å²) in [6.45, 7) is 0. The second kappa shape index (κ2) is 7.49. The second-order valence-electron chi connectivity index (χ2n) is 4.87. The summed E-state index contributed by atoms with van der Waals surface area (Å²) in [4.78, 5) is 13.1. The van der Waals surface area contributed by atoms with E-state index in [9.17, 15) is 9.90 Å². The molecule has 2 aromatic heterocycles. The highest BCUT2D eigenvalue weighted by Crippen LogP contribution is 2.30. The van der Waals surface area contributed by atoms with E-state index in [1.807, 2.05) is 12.1 Å². The van der Waals surface area contributed by atoms with Crippen LogP contribution in [0.5, 0.6) is 11.5 Å². The van der Waals surface area contributed by atoms with E-state index in [1.165, 1.54) is 24.7 Å². The van der Waals surface area contributed by atoms with Crippen LogP contribution in [0, 0.1) is 0 Å². The van der Waals surface area contributed by atoms with Crippen LogP contribution in [0.2, 0.25) is 0 Å². The number of aromatic amines is 1. The molecule has 0 aliphatic carbocycles. The summed E-state index contributed by atoms with van der Waals surface area (Å²) in [5, 5.41) is 20.6. The number of halogens is 1. The fraction of sp³-hybridized carbons (Fsp3) is 0.0625. The number of ether oxygens (including phenoxy) is 1. The first kappa shape index (κ1) is 17.2. The third-order valence-corrected chi connectivity index (χ3v) is 4.93. The maximum Gasteiger partial charge on any atom is 0.291 e. The largest absolute Gasteiger partial charge is 0.504 e. The van der Waals surface area contributed by atoms with Gasteiger partial charge in [-0.15, -0.1) is 11.3 Å². The quantitative estimate of drug-likeness (QED) is 0.435. The molecule has 0 saturated carbocycles. The molecule has 3 N–H and O–H groups in total. The number of H-pyrrole nitrogens is 1. The van der Waals surface area contributed by atoms with Gasteiger partial charge in [-0.2, -0.15) is 10.2 Å². The smallest absolute Gasteiger partial charge is 0.291 e. The van der Waals surface area contributed by atoms with E-state index < -0.39 is 5.91 Å². The molecule has 0 atom stereocenters. The molecule has 0 bridgehead atoms. The summed E-state index contributed by atoms with van der Waals surface area (Å²) >= 11 is 4.92. The topological polar surface area (TPSA) is 99.6 Å². The molecule has 3 rings (SSSR count). The number of carbonyl (C=O) groups excluding carboxylic acids is 1. The van der Waals surface area contributed by atoms with Gasteiger partial charge in [-0.25, -0.2) is 5.43 Å². The molecule has 7 nitrogen and oxygen atoms in total. The summed E-state index contributed by atoms with van der Waals surface area (Å²) in [6.07, 6.45) is 1.33. The summed E-state index contributed by atoms with van der Waals surface area (Å²) in [7, 11) is 1.46. The van der Waals surface area contributed by atoms with Crippen LogP contribution < -0.4 is 10.2 Å². The van der Waals surface area contributed by atoms with Gasteiger partial charge in [0.25, 0.3) is 5.91 Å². The number of para-hydroxylation sites is 1. The molecule has 25 heavy (non-hydrogen) atoms. The Morgan fingerprint density at radius 1 is 1.44 bits per heavy atom. The number of aromatic nitrogens is 2. The molecule has 9 heteroatoms. The molecular weight excluding hydrogens is 408 g/mol. The van der Waals surface area contributed by atoms with Gasteiger partial charge in [0.2, 0.25) is 0 Å². The van der Waals surface area contributed by atoms with Crippen LogP contribution in [0.3, 0.4) is 0 Å². The third kappa shape index (κ3) is 3.89. The van der Waals surface area contributed by atoms with E-state index in [0.717, 1.165) is 14.4 Å². The van der Waals surface area contributed by atoms with Crippen molar-refractivity contribution in [3.63, 3.8) is 0 Å². The van der Waals surface area contributed by atoms with Gasteiger partial charge in [-0.05, 0) is 46.3 Å². The van der Waals surface area contributed by atoms with Crippen molar-refractivity contribution < 1.29 is 14.6 Å². The van der Waals surface area contributed by atoms with Crippen LogP contribution in [0.4, 0.5) is 0 Å². The minimum atomic E-state index is -0.461. The van der Waals surface area contributed by atoms with Crippen LogP contribution in [0.15, 0.2) is 45.3 Å². The van der Waals surface area contributed by atoms with E-state index in [-0.39, 0.29) is 11.4 Å².